The Morgan fingerprint density at radius 2 is 2.17 bits per heavy atom. The summed E-state index contributed by atoms with van der Waals surface area (Å²) in [5, 5.41) is 9.39. The molecule has 18 heavy (non-hydrogen) atoms. The number of rotatable bonds is 4. The fraction of sp³-hybridized carbons (Fsp3) is 0.250. The number of aryl methyl sites for hydroxylation is 2. The minimum atomic E-state index is -0.852. The molecule has 0 fully saturated rings. The van der Waals surface area contributed by atoms with Crippen molar-refractivity contribution in [2.24, 2.45) is 0 Å². The number of imidazole rings is 1. The van der Waals surface area contributed by atoms with Crippen LogP contribution in [0.2, 0.25) is 0 Å². The maximum Gasteiger partial charge on any atom is 0.313 e. The molecule has 0 saturated heterocycles. The maximum absolute atomic E-state index is 10.6. The van der Waals surface area contributed by atoms with Crippen molar-refractivity contribution >= 4 is 17.7 Å². The zero-order valence-electron chi connectivity index (χ0n) is 10.1. The first-order chi connectivity index (χ1) is 8.58. The fourth-order valence-electron chi connectivity index (χ4n) is 1.62. The van der Waals surface area contributed by atoms with E-state index in [1.807, 2.05) is 24.5 Å². The Bertz CT molecular complexity index is 580. The molecule has 0 amide bonds. The van der Waals surface area contributed by atoms with Crippen molar-refractivity contribution in [1.82, 2.24) is 14.5 Å². The lowest BCUT2D eigenvalue weighted by atomic mass is 10.3. The Balaban J connectivity index is 2.37. The van der Waals surface area contributed by atoms with E-state index >= 15 is 0 Å². The molecule has 2 heterocycles. The first-order valence-electron chi connectivity index (χ1n) is 5.39. The summed E-state index contributed by atoms with van der Waals surface area (Å²) in [6, 6.07) is 1.99. The minimum Gasteiger partial charge on any atom is -0.481 e. The quantitative estimate of drug-likeness (QED) is 0.855. The number of pyridine rings is 1. The Morgan fingerprint density at radius 1 is 1.39 bits per heavy atom. The molecule has 2 rings (SSSR count). The van der Waals surface area contributed by atoms with Gasteiger partial charge in [0, 0.05) is 18.1 Å². The third kappa shape index (κ3) is 2.70. The van der Waals surface area contributed by atoms with Gasteiger partial charge in [-0.1, -0.05) is 11.8 Å². The van der Waals surface area contributed by atoms with Crippen LogP contribution in [-0.2, 0) is 4.79 Å². The summed E-state index contributed by atoms with van der Waals surface area (Å²) in [6.07, 6.45) is 5.25. The van der Waals surface area contributed by atoms with Crippen molar-refractivity contribution in [1.29, 1.82) is 0 Å². The number of carbonyl (C=O) groups is 1. The molecule has 0 aliphatic heterocycles. The minimum absolute atomic E-state index is 0.00427. The lowest BCUT2D eigenvalue weighted by Crippen LogP contribution is -2.03. The summed E-state index contributed by atoms with van der Waals surface area (Å²) < 4.78 is 1.91. The van der Waals surface area contributed by atoms with Gasteiger partial charge in [0.2, 0.25) is 0 Å². The van der Waals surface area contributed by atoms with E-state index in [1.54, 1.807) is 18.6 Å². The van der Waals surface area contributed by atoms with Gasteiger partial charge < -0.3 is 5.11 Å². The molecule has 0 aliphatic carbocycles. The van der Waals surface area contributed by atoms with E-state index in [2.05, 4.69) is 9.97 Å². The van der Waals surface area contributed by atoms with Gasteiger partial charge in [0.15, 0.2) is 5.16 Å². The molecule has 0 saturated carbocycles. The Kier molecular flexibility index (Phi) is 3.66. The van der Waals surface area contributed by atoms with E-state index < -0.39 is 5.97 Å². The van der Waals surface area contributed by atoms with E-state index in [9.17, 15) is 4.79 Å². The van der Waals surface area contributed by atoms with Crippen LogP contribution in [0.25, 0.3) is 5.69 Å². The Labute approximate surface area is 109 Å². The van der Waals surface area contributed by atoms with E-state index in [0.717, 1.165) is 16.9 Å². The second kappa shape index (κ2) is 5.22. The van der Waals surface area contributed by atoms with Crippen molar-refractivity contribution in [2.45, 2.75) is 19.0 Å². The van der Waals surface area contributed by atoms with Gasteiger partial charge in [-0.15, -0.1) is 0 Å². The van der Waals surface area contributed by atoms with Gasteiger partial charge >= 0.3 is 5.97 Å². The number of carboxylic acids is 1. The highest BCUT2D eigenvalue weighted by Crippen LogP contribution is 2.22. The van der Waals surface area contributed by atoms with E-state index in [0.29, 0.717) is 5.16 Å². The van der Waals surface area contributed by atoms with Crippen molar-refractivity contribution in [3.05, 3.63) is 35.9 Å². The third-order valence-corrected chi connectivity index (χ3v) is 3.29. The van der Waals surface area contributed by atoms with E-state index in [4.69, 9.17) is 5.11 Å². The van der Waals surface area contributed by atoms with Crippen LogP contribution in [0.3, 0.4) is 0 Å². The highest BCUT2D eigenvalue weighted by Gasteiger charge is 2.11. The lowest BCUT2D eigenvalue weighted by molar-refractivity contribution is -0.133. The van der Waals surface area contributed by atoms with Gasteiger partial charge in [0.1, 0.15) is 0 Å². The molecular weight excluding hydrogens is 250 g/mol. The van der Waals surface area contributed by atoms with Crippen LogP contribution in [0.5, 0.6) is 0 Å². The van der Waals surface area contributed by atoms with Crippen LogP contribution in [0.15, 0.2) is 29.8 Å². The van der Waals surface area contributed by atoms with Crippen LogP contribution in [-0.4, -0.2) is 31.4 Å². The van der Waals surface area contributed by atoms with Gasteiger partial charge in [-0.2, -0.15) is 0 Å². The smallest absolute Gasteiger partial charge is 0.313 e. The average Bonchev–Trinajstić information content (AvgIpc) is 2.68. The van der Waals surface area contributed by atoms with Crippen LogP contribution >= 0.6 is 11.8 Å². The molecule has 0 radical (unpaired) electrons. The monoisotopic (exact) mass is 263 g/mol. The molecule has 0 atom stereocenters. The van der Waals surface area contributed by atoms with Crippen molar-refractivity contribution in [2.75, 3.05) is 5.75 Å². The van der Waals surface area contributed by atoms with Crippen LogP contribution in [0.4, 0.5) is 0 Å². The highest BCUT2D eigenvalue weighted by molar-refractivity contribution is 7.99. The zero-order chi connectivity index (χ0) is 13.1. The van der Waals surface area contributed by atoms with Crippen LogP contribution in [0.1, 0.15) is 11.3 Å². The second-order valence-electron chi connectivity index (χ2n) is 3.92. The van der Waals surface area contributed by atoms with Crippen molar-refractivity contribution in [3.8, 4) is 5.69 Å². The number of carboxylic acid groups (broad SMARTS) is 1. The molecule has 0 bridgehead atoms. The number of nitrogens with zero attached hydrogens (tertiary/aromatic N) is 3. The van der Waals surface area contributed by atoms with Gasteiger partial charge in [0.25, 0.3) is 0 Å². The van der Waals surface area contributed by atoms with Crippen LogP contribution < -0.4 is 0 Å². The van der Waals surface area contributed by atoms with E-state index in [-0.39, 0.29) is 5.75 Å². The topological polar surface area (TPSA) is 68.0 Å². The number of thioether (sulfide) groups is 1. The molecule has 0 aromatic carbocycles. The highest BCUT2D eigenvalue weighted by atomic mass is 32.2. The molecule has 2 aromatic rings. The number of hydrogen-bond acceptors (Lipinski definition) is 4. The number of aromatic nitrogens is 3. The summed E-state index contributed by atoms with van der Waals surface area (Å²) >= 11 is 1.20. The van der Waals surface area contributed by atoms with Crippen molar-refractivity contribution < 1.29 is 9.90 Å². The normalized spacial score (nSPS) is 10.6. The number of hydrogen-bond donors (Lipinski definition) is 1. The first kappa shape index (κ1) is 12.6. The second-order valence-corrected chi connectivity index (χ2v) is 4.86. The van der Waals surface area contributed by atoms with Gasteiger partial charge in [-0.05, 0) is 25.5 Å². The largest absolute Gasteiger partial charge is 0.481 e. The third-order valence-electron chi connectivity index (χ3n) is 2.35. The fourth-order valence-corrected chi connectivity index (χ4v) is 2.38. The summed E-state index contributed by atoms with van der Waals surface area (Å²) in [4.78, 5) is 19.0. The summed E-state index contributed by atoms with van der Waals surface area (Å²) in [5.41, 5.74) is 2.91. The van der Waals surface area contributed by atoms with Crippen LogP contribution in [0, 0.1) is 13.8 Å². The SMILES string of the molecule is Cc1cncc(-n2c(C)cnc2SCC(=O)O)c1. The Morgan fingerprint density at radius 3 is 2.83 bits per heavy atom. The van der Waals surface area contributed by atoms with Gasteiger partial charge in [0.05, 0.1) is 17.6 Å². The first-order valence-corrected chi connectivity index (χ1v) is 6.37. The van der Waals surface area contributed by atoms with E-state index in [1.165, 1.54) is 11.8 Å². The summed E-state index contributed by atoms with van der Waals surface area (Å²) in [6.45, 7) is 3.90. The number of aliphatic carboxylic acids is 1. The zero-order valence-corrected chi connectivity index (χ0v) is 10.9. The molecule has 6 heteroatoms. The predicted molar refractivity (Wildman–Crippen MR) is 69.2 cm³/mol. The standard InChI is InChI=1S/C12H13N3O2S/c1-8-3-10(6-13-4-8)15-9(2)5-14-12(15)18-7-11(16)17/h3-6H,7H2,1-2H3,(H,16,17). The molecule has 94 valence electrons. The van der Waals surface area contributed by atoms with Crippen molar-refractivity contribution in [3.63, 3.8) is 0 Å². The molecular formula is C12H13N3O2S. The van der Waals surface area contributed by atoms with Gasteiger partial charge in [-0.25, -0.2) is 4.98 Å². The summed E-state index contributed by atoms with van der Waals surface area (Å²) in [7, 11) is 0. The molecule has 1 N–H and O–H groups in total. The Hall–Kier alpha value is -1.82. The summed E-state index contributed by atoms with van der Waals surface area (Å²) in [5.74, 6) is -0.857. The molecule has 0 unspecified atom stereocenters. The molecule has 5 nitrogen and oxygen atoms in total. The predicted octanol–water partition coefficient (Wildman–Crippen LogP) is 2.06. The molecule has 2 aromatic heterocycles. The average molecular weight is 263 g/mol. The maximum atomic E-state index is 10.6. The molecule has 0 aliphatic rings. The molecule has 0 spiro atoms. The lowest BCUT2D eigenvalue weighted by Gasteiger charge is -2.09. The van der Waals surface area contributed by atoms with Gasteiger partial charge in [-0.3, -0.25) is 14.3 Å².